The Morgan fingerprint density at radius 1 is 1.71 bits per heavy atom. The maximum Gasteiger partial charge on any atom is 0.337 e. The van der Waals surface area contributed by atoms with E-state index in [0.29, 0.717) is 0 Å². The maximum absolute atomic E-state index is 9.78. The van der Waals surface area contributed by atoms with Gasteiger partial charge in [-0.25, -0.2) is 0 Å². The molecular weight excluding hydrogens is 115 g/mol. The molecule has 4 heteroatoms. The average molecular weight is 120 g/mol. The van der Waals surface area contributed by atoms with Gasteiger partial charge in [-0.05, 0) is 0 Å². The van der Waals surface area contributed by atoms with E-state index in [0.717, 1.165) is 0 Å². The lowest BCUT2D eigenvalue weighted by molar-refractivity contribution is 0.377. The first-order valence-corrected chi connectivity index (χ1v) is 3.34. The topological polar surface area (TPSA) is 57.5 Å². The molecule has 0 unspecified atom stereocenters. The Morgan fingerprint density at radius 3 is 2.14 bits per heavy atom. The van der Waals surface area contributed by atoms with Crippen molar-refractivity contribution >= 4 is 7.60 Å². The van der Waals surface area contributed by atoms with Crippen LogP contribution in [0.4, 0.5) is 0 Å². The van der Waals surface area contributed by atoms with E-state index >= 15 is 0 Å². The summed E-state index contributed by atoms with van der Waals surface area (Å²) in [5.41, 5.74) is 0. The van der Waals surface area contributed by atoms with Gasteiger partial charge in [0.05, 0.1) is 0 Å². The predicted octanol–water partition coefficient (Wildman–Crippen LogP) is -0.203. The van der Waals surface area contributed by atoms with Crippen LogP contribution in [0, 0.1) is 12.3 Å². The van der Waals surface area contributed by atoms with Crippen LogP contribution in [-0.2, 0) is 4.57 Å². The van der Waals surface area contributed by atoms with E-state index in [2.05, 4.69) is 6.42 Å². The summed E-state index contributed by atoms with van der Waals surface area (Å²) >= 11 is 0. The molecule has 0 aromatic carbocycles. The van der Waals surface area contributed by atoms with Gasteiger partial charge >= 0.3 is 7.60 Å². The zero-order valence-corrected chi connectivity index (χ0v) is 4.43. The summed E-state index contributed by atoms with van der Waals surface area (Å²) in [4.78, 5) is 16.0. The summed E-state index contributed by atoms with van der Waals surface area (Å²) in [6.45, 7) is 0. The number of terminal acetylenes is 1. The third-order valence-electron chi connectivity index (χ3n) is 0.297. The van der Waals surface area contributed by atoms with Crippen molar-refractivity contribution in [3.05, 3.63) is 0 Å². The highest BCUT2D eigenvalue weighted by Crippen LogP contribution is 2.32. The van der Waals surface area contributed by atoms with Gasteiger partial charge in [-0.2, -0.15) is 0 Å². The summed E-state index contributed by atoms with van der Waals surface area (Å²) < 4.78 is 9.78. The summed E-state index contributed by atoms with van der Waals surface area (Å²) in [5, 5.41) is 0. The van der Waals surface area contributed by atoms with Crippen molar-refractivity contribution in [2.45, 2.75) is 0 Å². The average Bonchev–Trinajstić information content (AvgIpc) is 1.30. The molecule has 0 saturated heterocycles. The van der Waals surface area contributed by atoms with Crippen molar-refractivity contribution in [1.29, 1.82) is 0 Å². The van der Waals surface area contributed by atoms with Gasteiger partial charge in [-0.1, -0.05) is 5.92 Å². The third kappa shape index (κ3) is 5.71. The van der Waals surface area contributed by atoms with Crippen LogP contribution in [0.3, 0.4) is 0 Å². The number of hydrogen-bond donors (Lipinski definition) is 2. The first kappa shape index (κ1) is 6.71. The second-order valence-electron chi connectivity index (χ2n) is 1.03. The van der Waals surface area contributed by atoms with Gasteiger partial charge in [-0.15, -0.1) is 6.42 Å². The Balaban J connectivity index is 3.65. The van der Waals surface area contributed by atoms with E-state index in [9.17, 15) is 4.57 Å². The van der Waals surface area contributed by atoms with Crippen molar-refractivity contribution in [2.24, 2.45) is 0 Å². The van der Waals surface area contributed by atoms with Crippen LogP contribution in [0.5, 0.6) is 0 Å². The normalized spacial score (nSPS) is 10.4. The van der Waals surface area contributed by atoms with Crippen molar-refractivity contribution in [1.82, 2.24) is 0 Å². The second-order valence-corrected chi connectivity index (χ2v) is 2.67. The van der Waals surface area contributed by atoms with Gasteiger partial charge < -0.3 is 9.79 Å². The van der Waals surface area contributed by atoms with E-state index in [4.69, 9.17) is 9.79 Å². The SMILES string of the molecule is C#CCP(=O)(O)O. The highest BCUT2D eigenvalue weighted by atomic mass is 31.2. The monoisotopic (exact) mass is 120 g/mol. The van der Waals surface area contributed by atoms with E-state index in [1.807, 2.05) is 5.92 Å². The molecule has 0 aliphatic heterocycles. The molecule has 0 aliphatic carbocycles. The van der Waals surface area contributed by atoms with Crippen LogP contribution in [0.15, 0.2) is 0 Å². The molecule has 0 heterocycles. The largest absolute Gasteiger partial charge is 0.337 e. The summed E-state index contributed by atoms with van der Waals surface area (Å²) in [6, 6.07) is 0. The van der Waals surface area contributed by atoms with Crippen molar-refractivity contribution < 1.29 is 14.4 Å². The molecule has 0 aromatic heterocycles. The van der Waals surface area contributed by atoms with Gasteiger partial charge in [0.2, 0.25) is 0 Å². The lowest BCUT2D eigenvalue weighted by atomic mass is 10.8. The van der Waals surface area contributed by atoms with Crippen LogP contribution < -0.4 is 0 Å². The third-order valence-corrected chi connectivity index (χ3v) is 0.892. The molecule has 0 aromatic rings. The molecule has 3 nitrogen and oxygen atoms in total. The lowest BCUT2D eigenvalue weighted by Crippen LogP contribution is -1.79. The summed E-state index contributed by atoms with van der Waals surface area (Å²) in [6.07, 6.45) is 4.11. The first-order chi connectivity index (χ1) is 3.06. The Morgan fingerprint density at radius 2 is 2.14 bits per heavy atom. The van der Waals surface area contributed by atoms with E-state index < -0.39 is 13.8 Å². The fourth-order valence-electron chi connectivity index (χ4n) is 0.119. The minimum absolute atomic E-state index is 0.465. The molecule has 7 heavy (non-hydrogen) atoms. The predicted molar refractivity (Wildman–Crippen MR) is 25.7 cm³/mol. The smallest absolute Gasteiger partial charge is 0.324 e. The molecule has 0 saturated carbocycles. The Kier molecular flexibility index (Phi) is 2.04. The number of rotatable bonds is 1. The molecule has 2 N–H and O–H groups in total. The standard InChI is InChI=1S/C3H5O3P/c1-2-3-7(4,5)6/h1H,3H2,(H2,4,5,6). The lowest BCUT2D eigenvalue weighted by Gasteiger charge is -1.92. The van der Waals surface area contributed by atoms with Crippen LogP contribution in [-0.4, -0.2) is 15.9 Å². The van der Waals surface area contributed by atoms with Gasteiger partial charge in [0.1, 0.15) is 6.16 Å². The molecular formula is C3H5O3P. The molecule has 0 aliphatic rings. The van der Waals surface area contributed by atoms with Gasteiger partial charge in [0.15, 0.2) is 0 Å². The van der Waals surface area contributed by atoms with Crippen molar-refractivity contribution in [3.8, 4) is 12.3 Å². The summed E-state index contributed by atoms with van der Waals surface area (Å²) in [7, 11) is -3.90. The number of hydrogen-bond acceptors (Lipinski definition) is 1. The fourth-order valence-corrected chi connectivity index (χ4v) is 0.357. The second kappa shape index (κ2) is 2.13. The molecule has 0 spiro atoms. The zero-order valence-electron chi connectivity index (χ0n) is 3.53. The maximum atomic E-state index is 9.78. The Hall–Kier alpha value is -0.290. The van der Waals surface area contributed by atoms with Crippen LogP contribution in [0.2, 0.25) is 0 Å². The van der Waals surface area contributed by atoms with Crippen molar-refractivity contribution in [2.75, 3.05) is 6.16 Å². The van der Waals surface area contributed by atoms with Gasteiger partial charge in [0.25, 0.3) is 0 Å². The highest BCUT2D eigenvalue weighted by molar-refractivity contribution is 7.52. The highest BCUT2D eigenvalue weighted by Gasteiger charge is 2.07. The van der Waals surface area contributed by atoms with E-state index in [1.165, 1.54) is 0 Å². The first-order valence-electron chi connectivity index (χ1n) is 1.54. The molecule has 0 fully saturated rings. The Labute approximate surface area is 41.5 Å². The van der Waals surface area contributed by atoms with E-state index in [1.54, 1.807) is 0 Å². The van der Waals surface area contributed by atoms with Crippen LogP contribution >= 0.6 is 7.60 Å². The molecule has 0 amide bonds. The molecule has 0 radical (unpaired) electrons. The van der Waals surface area contributed by atoms with E-state index in [-0.39, 0.29) is 0 Å². The summed E-state index contributed by atoms with van der Waals surface area (Å²) in [5.74, 6) is 1.84. The quantitative estimate of drug-likeness (QED) is 0.372. The van der Waals surface area contributed by atoms with Gasteiger partial charge in [-0.3, -0.25) is 4.57 Å². The molecule has 40 valence electrons. The molecule has 0 atom stereocenters. The van der Waals surface area contributed by atoms with Crippen LogP contribution in [0.25, 0.3) is 0 Å². The fraction of sp³-hybridized carbons (Fsp3) is 0.333. The zero-order chi connectivity index (χ0) is 5.91. The van der Waals surface area contributed by atoms with Crippen LogP contribution in [0.1, 0.15) is 0 Å². The molecule has 0 bridgehead atoms. The minimum atomic E-state index is -3.90. The van der Waals surface area contributed by atoms with Crippen molar-refractivity contribution in [3.63, 3.8) is 0 Å². The minimum Gasteiger partial charge on any atom is -0.324 e. The Bertz CT molecular complexity index is 128. The molecule has 0 rings (SSSR count). The van der Waals surface area contributed by atoms with Gasteiger partial charge in [0, 0.05) is 0 Å².